The molecule has 92 valence electrons. The molecule has 4 heteroatoms. The van der Waals surface area contributed by atoms with Crippen LogP contribution in [0.1, 0.15) is 38.5 Å². The second kappa shape index (κ2) is 5.64. The number of hydrogen-bond acceptors (Lipinski definition) is 3. The second-order valence-electron chi connectivity index (χ2n) is 5.01. The summed E-state index contributed by atoms with van der Waals surface area (Å²) in [6.07, 6.45) is 5.66. The van der Waals surface area contributed by atoms with Gasteiger partial charge < -0.3 is 15.7 Å². The van der Waals surface area contributed by atoms with E-state index in [0.717, 1.165) is 51.6 Å². The minimum Gasteiger partial charge on any atom is -0.391 e. The first-order chi connectivity index (χ1) is 7.77. The van der Waals surface area contributed by atoms with Crippen LogP contribution in [0.3, 0.4) is 0 Å². The van der Waals surface area contributed by atoms with Gasteiger partial charge in [-0.3, -0.25) is 4.79 Å². The van der Waals surface area contributed by atoms with Crippen molar-refractivity contribution in [2.24, 2.45) is 5.92 Å². The van der Waals surface area contributed by atoms with Gasteiger partial charge in [0.25, 0.3) is 0 Å². The molecular weight excluding hydrogens is 204 g/mol. The molecule has 16 heavy (non-hydrogen) atoms. The molecule has 0 bridgehead atoms. The third kappa shape index (κ3) is 2.95. The average Bonchev–Trinajstić information content (AvgIpc) is 2.33. The molecule has 1 aliphatic carbocycles. The Morgan fingerprint density at radius 1 is 1.19 bits per heavy atom. The summed E-state index contributed by atoms with van der Waals surface area (Å²) in [5.74, 6) is 0.223. The molecule has 1 aliphatic heterocycles. The summed E-state index contributed by atoms with van der Waals surface area (Å²) in [4.78, 5) is 11.9. The first-order valence-electron chi connectivity index (χ1n) is 6.46. The van der Waals surface area contributed by atoms with Crippen LogP contribution in [-0.4, -0.2) is 36.2 Å². The quantitative estimate of drug-likeness (QED) is 0.639. The van der Waals surface area contributed by atoms with E-state index in [4.69, 9.17) is 0 Å². The fourth-order valence-corrected chi connectivity index (χ4v) is 2.66. The van der Waals surface area contributed by atoms with Crippen LogP contribution < -0.4 is 10.6 Å². The van der Waals surface area contributed by atoms with Crippen LogP contribution in [0.2, 0.25) is 0 Å². The van der Waals surface area contributed by atoms with Crippen molar-refractivity contribution in [3.05, 3.63) is 0 Å². The van der Waals surface area contributed by atoms with Crippen LogP contribution in [-0.2, 0) is 4.79 Å². The Morgan fingerprint density at radius 2 is 2.00 bits per heavy atom. The minimum atomic E-state index is -0.339. The molecule has 2 fully saturated rings. The molecule has 3 atom stereocenters. The number of rotatable bonds is 2. The van der Waals surface area contributed by atoms with E-state index >= 15 is 0 Å². The van der Waals surface area contributed by atoms with E-state index < -0.39 is 0 Å². The molecule has 1 saturated carbocycles. The second-order valence-corrected chi connectivity index (χ2v) is 5.01. The lowest BCUT2D eigenvalue weighted by molar-refractivity contribution is -0.127. The van der Waals surface area contributed by atoms with Crippen LogP contribution in [0.25, 0.3) is 0 Å². The van der Waals surface area contributed by atoms with Gasteiger partial charge in [-0.2, -0.15) is 0 Å². The predicted octanol–water partition coefficient (Wildman–Crippen LogP) is 0.406. The highest BCUT2D eigenvalue weighted by molar-refractivity contribution is 5.79. The number of aliphatic hydroxyl groups excluding tert-OH is 1. The topological polar surface area (TPSA) is 61.4 Å². The van der Waals surface area contributed by atoms with Gasteiger partial charge in [-0.15, -0.1) is 0 Å². The molecule has 3 N–H and O–H groups in total. The Balaban J connectivity index is 1.80. The highest BCUT2D eigenvalue weighted by atomic mass is 16.3. The molecule has 1 amide bonds. The van der Waals surface area contributed by atoms with Gasteiger partial charge in [0, 0.05) is 6.54 Å². The standard InChI is InChI=1S/C12H22N2O2/c15-11-6-2-1-5-10(11)14-12(16)9-4-3-7-13-8-9/h9-11,13,15H,1-8H2,(H,14,16)/t9?,10-,11-/m0/s1. The maximum Gasteiger partial charge on any atom is 0.224 e. The molecule has 0 aromatic rings. The van der Waals surface area contributed by atoms with Crippen molar-refractivity contribution in [2.45, 2.75) is 50.7 Å². The fourth-order valence-electron chi connectivity index (χ4n) is 2.66. The lowest BCUT2D eigenvalue weighted by Crippen LogP contribution is -2.49. The Hall–Kier alpha value is -0.610. The van der Waals surface area contributed by atoms with E-state index in [9.17, 15) is 9.90 Å². The number of aliphatic hydroxyl groups is 1. The van der Waals surface area contributed by atoms with Crippen molar-refractivity contribution in [3.63, 3.8) is 0 Å². The van der Waals surface area contributed by atoms with E-state index in [1.165, 1.54) is 0 Å². The number of amides is 1. The molecule has 2 aliphatic rings. The summed E-state index contributed by atoms with van der Waals surface area (Å²) in [7, 11) is 0. The van der Waals surface area contributed by atoms with Gasteiger partial charge in [-0.05, 0) is 32.2 Å². The smallest absolute Gasteiger partial charge is 0.224 e. The third-order valence-electron chi connectivity index (χ3n) is 3.72. The molecule has 0 aromatic carbocycles. The first kappa shape index (κ1) is 11.9. The highest BCUT2D eigenvalue weighted by Crippen LogP contribution is 2.19. The van der Waals surface area contributed by atoms with Crippen LogP contribution >= 0.6 is 0 Å². The highest BCUT2D eigenvalue weighted by Gasteiger charge is 2.28. The number of nitrogens with one attached hydrogen (secondary N) is 2. The Labute approximate surface area is 96.8 Å². The van der Waals surface area contributed by atoms with E-state index in [1.54, 1.807) is 0 Å². The Bertz CT molecular complexity index is 239. The average molecular weight is 226 g/mol. The zero-order valence-electron chi connectivity index (χ0n) is 9.74. The van der Waals surface area contributed by atoms with Crippen LogP contribution in [0.4, 0.5) is 0 Å². The molecule has 1 saturated heterocycles. The summed E-state index contributed by atoms with van der Waals surface area (Å²) in [5.41, 5.74) is 0. The zero-order chi connectivity index (χ0) is 11.4. The summed E-state index contributed by atoms with van der Waals surface area (Å²) in [5, 5.41) is 16.0. The molecule has 2 rings (SSSR count). The molecule has 0 aromatic heterocycles. The Kier molecular flexibility index (Phi) is 4.18. The number of piperidine rings is 1. The SMILES string of the molecule is O=C(N[C@H]1CCCC[C@@H]1O)C1CCCNC1. The van der Waals surface area contributed by atoms with Gasteiger partial charge in [0.05, 0.1) is 18.1 Å². The van der Waals surface area contributed by atoms with Crippen molar-refractivity contribution < 1.29 is 9.90 Å². The lowest BCUT2D eigenvalue weighted by atomic mass is 9.91. The van der Waals surface area contributed by atoms with E-state index in [2.05, 4.69) is 10.6 Å². The normalized spacial score (nSPS) is 35.7. The van der Waals surface area contributed by atoms with Crippen LogP contribution in [0.15, 0.2) is 0 Å². The van der Waals surface area contributed by atoms with Gasteiger partial charge in [-0.1, -0.05) is 12.8 Å². The van der Waals surface area contributed by atoms with Gasteiger partial charge in [0.1, 0.15) is 0 Å². The minimum absolute atomic E-state index is 0.0109. The Morgan fingerprint density at radius 3 is 2.69 bits per heavy atom. The van der Waals surface area contributed by atoms with Crippen molar-refractivity contribution in [2.75, 3.05) is 13.1 Å². The van der Waals surface area contributed by atoms with Crippen molar-refractivity contribution in [3.8, 4) is 0 Å². The lowest BCUT2D eigenvalue weighted by Gasteiger charge is -2.31. The van der Waals surface area contributed by atoms with Gasteiger partial charge in [0.15, 0.2) is 0 Å². The van der Waals surface area contributed by atoms with Crippen LogP contribution in [0.5, 0.6) is 0 Å². The number of hydrogen-bond donors (Lipinski definition) is 3. The molecule has 4 nitrogen and oxygen atoms in total. The first-order valence-corrected chi connectivity index (χ1v) is 6.46. The van der Waals surface area contributed by atoms with Gasteiger partial charge >= 0.3 is 0 Å². The third-order valence-corrected chi connectivity index (χ3v) is 3.72. The maximum absolute atomic E-state index is 11.9. The van der Waals surface area contributed by atoms with Crippen molar-refractivity contribution in [1.82, 2.24) is 10.6 Å². The van der Waals surface area contributed by atoms with E-state index in [0.29, 0.717) is 0 Å². The molecule has 1 heterocycles. The predicted molar refractivity (Wildman–Crippen MR) is 62.0 cm³/mol. The van der Waals surface area contributed by atoms with Crippen molar-refractivity contribution >= 4 is 5.91 Å². The largest absolute Gasteiger partial charge is 0.391 e. The number of carbonyl (C=O) groups is 1. The molecule has 0 radical (unpaired) electrons. The molecular formula is C12H22N2O2. The van der Waals surface area contributed by atoms with Crippen LogP contribution in [0, 0.1) is 5.92 Å². The number of carbonyl (C=O) groups excluding carboxylic acids is 1. The maximum atomic E-state index is 11.9. The summed E-state index contributed by atoms with van der Waals surface area (Å²) < 4.78 is 0. The molecule has 1 unspecified atom stereocenters. The monoisotopic (exact) mass is 226 g/mol. The summed E-state index contributed by atoms with van der Waals surface area (Å²) >= 11 is 0. The van der Waals surface area contributed by atoms with E-state index in [-0.39, 0.29) is 24.0 Å². The zero-order valence-corrected chi connectivity index (χ0v) is 9.74. The van der Waals surface area contributed by atoms with Crippen molar-refractivity contribution in [1.29, 1.82) is 0 Å². The summed E-state index contributed by atoms with van der Waals surface area (Å²) in [6, 6.07) is -0.0109. The van der Waals surface area contributed by atoms with Gasteiger partial charge in [-0.25, -0.2) is 0 Å². The van der Waals surface area contributed by atoms with E-state index in [1.807, 2.05) is 0 Å². The fraction of sp³-hybridized carbons (Fsp3) is 0.917. The summed E-state index contributed by atoms with van der Waals surface area (Å²) in [6.45, 7) is 1.81. The van der Waals surface area contributed by atoms with Gasteiger partial charge in [0.2, 0.25) is 5.91 Å². The molecule has 0 spiro atoms.